The van der Waals surface area contributed by atoms with Gasteiger partial charge in [-0.3, -0.25) is 4.79 Å². The molecule has 18 heavy (non-hydrogen) atoms. The van der Waals surface area contributed by atoms with Crippen LogP contribution in [0.4, 0.5) is 5.82 Å². The molecular weight excluding hydrogens is 230 g/mol. The van der Waals surface area contributed by atoms with Gasteiger partial charge in [-0.1, -0.05) is 0 Å². The Hall–Kier alpha value is -1.36. The molecule has 102 valence electrons. The molecule has 0 aliphatic rings. The van der Waals surface area contributed by atoms with Crippen molar-refractivity contribution >= 4 is 5.82 Å². The van der Waals surface area contributed by atoms with E-state index in [-0.39, 0.29) is 17.1 Å². The molecule has 0 bridgehead atoms. The quantitative estimate of drug-likeness (QED) is 0.870. The van der Waals surface area contributed by atoms with Crippen LogP contribution in [0, 0.1) is 0 Å². The molecule has 5 heteroatoms. The van der Waals surface area contributed by atoms with Gasteiger partial charge in [-0.2, -0.15) is 0 Å². The first-order valence-electron chi connectivity index (χ1n) is 6.28. The van der Waals surface area contributed by atoms with Crippen LogP contribution in [-0.2, 0) is 10.3 Å². The fourth-order valence-electron chi connectivity index (χ4n) is 1.61. The van der Waals surface area contributed by atoms with Crippen molar-refractivity contribution in [2.75, 3.05) is 18.5 Å². The first-order valence-corrected chi connectivity index (χ1v) is 6.28. The third-order valence-corrected chi connectivity index (χ3v) is 2.52. The van der Waals surface area contributed by atoms with Crippen LogP contribution in [0.1, 0.15) is 34.6 Å². The third-order valence-electron chi connectivity index (χ3n) is 2.52. The molecule has 1 rings (SSSR count). The van der Waals surface area contributed by atoms with E-state index in [2.05, 4.69) is 10.3 Å². The summed E-state index contributed by atoms with van der Waals surface area (Å²) in [6.07, 6.45) is 3.35. The van der Waals surface area contributed by atoms with Crippen LogP contribution in [-0.4, -0.2) is 28.8 Å². The smallest absolute Gasteiger partial charge is 0.293 e. The topological polar surface area (TPSA) is 56.1 Å². The summed E-state index contributed by atoms with van der Waals surface area (Å²) in [7, 11) is 0. The minimum absolute atomic E-state index is 0.0565. The fourth-order valence-corrected chi connectivity index (χ4v) is 1.61. The minimum atomic E-state index is -0.250. The van der Waals surface area contributed by atoms with Crippen molar-refractivity contribution in [3.05, 3.63) is 22.7 Å². The lowest BCUT2D eigenvalue weighted by molar-refractivity contribution is 0.141. The molecule has 0 aliphatic carbocycles. The lowest BCUT2D eigenvalue weighted by Crippen LogP contribution is -2.36. The van der Waals surface area contributed by atoms with E-state index in [1.54, 1.807) is 17.0 Å². The van der Waals surface area contributed by atoms with Gasteiger partial charge in [-0.15, -0.1) is 0 Å². The zero-order valence-corrected chi connectivity index (χ0v) is 11.9. The lowest BCUT2D eigenvalue weighted by Gasteiger charge is -2.23. The van der Waals surface area contributed by atoms with E-state index in [1.807, 2.05) is 34.6 Å². The Balaban J connectivity index is 2.88. The van der Waals surface area contributed by atoms with Crippen molar-refractivity contribution in [3.8, 4) is 0 Å². The Labute approximate surface area is 108 Å². The molecule has 0 fully saturated rings. The SMILES string of the molecule is CCOCC(C)Nc1nccn(C(C)(C)C)c1=O. The van der Waals surface area contributed by atoms with Crippen molar-refractivity contribution in [2.45, 2.75) is 46.2 Å². The number of nitrogens with zero attached hydrogens (tertiary/aromatic N) is 2. The average Bonchev–Trinajstić information content (AvgIpc) is 2.27. The molecule has 0 amide bonds. The number of ether oxygens (including phenoxy) is 1. The van der Waals surface area contributed by atoms with Crippen LogP contribution in [0.3, 0.4) is 0 Å². The second-order valence-electron chi connectivity index (χ2n) is 5.33. The van der Waals surface area contributed by atoms with Gasteiger partial charge in [-0.05, 0) is 34.6 Å². The monoisotopic (exact) mass is 253 g/mol. The highest BCUT2D eigenvalue weighted by molar-refractivity contribution is 5.32. The Bertz CT molecular complexity index is 435. The number of anilines is 1. The highest BCUT2D eigenvalue weighted by atomic mass is 16.5. The van der Waals surface area contributed by atoms with Crippen LogP contribution in [0.5, 0.6) is 0 Å². The molecule has 0 aliphatic heterocycles. The van der Waals surface area contributed by atoms with Gasteiger partial charge >= 0.3 is 0 Å². The van der Waals surface area contributed by atoms with E-state index in [4.69, 9.17) is 4.74 Å². The predicted octanol–water partition coefficient (Wildman–Crippen LogP) is 1.84. The van der Waals surface area contributed by atoms with Gasteiger partial charge in [0.2, 0.25) is 0 Å². The van der Waals surface area contributed by atoms with E-state index in [9.17, 15) is 4.79 Å². The first kappa shape index (κ1) is 14.7. The third kappa shape index (κ3) is 3.84. The molecule has 1 heterocycles. The van der Waals surface area contributed by atoms with Crippen molar-refractivity contribution in [1.29, 1.82) is 0 Å². The molecule has 1 unspecified atom stereocenters. The van der Waals surface area contributed by atoms with E-state index < -0.39 is 0 Å². The molecule has 0 aromatic carbocycles. The van der Waals surface area contributed by atoms with E-state index in [0.717, 1.165) is 0 Å². The largest absolute Gasteiger partial charge is 0.380 e. The van der Waals surface area contributed by atoms with Crippen molar-refractivity contribution in [2.24, 2.45) is 0 Å². The highest BCUT2D eigenvalue weighted by Crippen LogP contribution is 2.11. The maximum atomic E-state index is 12.2. The maximum Gasteiger partial charge on any atom is 0.293 e. The summed E-state index contributed by atoms with van der Waals surface area (Å²) < 4.78 is 6.98. The second kappa shape index (κ2) is 6.00. The molecule has 0 saturated carbocycles. The van der Waals surface area contributed by atoms with Gasteiger partial charge < -0.3 is 14.6 Å². The normalized spacial score (nSPS) is 13.4. The number of hydrogen-bond acceptors (Lipinski definition) is 4. The number of aromatic nitrogens is 2. The summed E-state index contributed by atoms with van der Waals surface area (Å²) in [6.45, 7) is 11.1. The fraction of sp³-hybridized carbons (Fsp3) is 0.692. The van der Waals surface area contributed by atoms with Crippen LogP contribution >= 0.6 is 0 Å². The summed E-state index contributed by atoms with van der Waals surface area (Å²) >= 11 is 0. The van der Waals surface area contributed by atoms with Crippen LogP contribution in [0.15, 0.2) is 17.2 Å². The van der Waals surface area contributed by atoms with Crippen LogP contribution in [0.25, 0.3) is 0 Å². The van der Waals surface area contributed by atoms with Gasteiger partial charge in [0, 0.05) is 30.6 Å². The van der Waals surface area contributed by atoms with Crippen molar-refractivity contribution < 1.29 is 4.74 Å². The molecule has 0 radical (unpaired) electrons. The van der Waals surface area contributed by atoms with Crippen molar-refractivity contribution in [1.82, 2.24) is 9.55 Å². The zero-order valence-electron chi connectivity index (χ0n) is 11.9. The number of hydrogen-bond donors (Lipinski definition) is 1. The Morgan fingerprint density at radius 1 is 1.50 bits per heavy atom. The van der Waals surface area contributed by atoms with E-state index in [1.165, 1.54) is 0 Å². The Morgan fingerprint density at radius 3 is 2.72 bits per heavy atom. The number of nitrogens with one attached hydrogen (secondary N) is 1. The van der Waals surface area contributed by atoms with Gasteiger partial charge in [0.15, 0.2) is 5.82 Å². The molecule has 0 saturated heterocycles. The molecule has 0 spiro atoms. The first-order chi connectivity index (χ1) is 8.36. The summed E-state index contributed by atoms with van der Waals surface area (Å²) in [4.78, 5) is 16.3. The summed E-state index contributed by atoms with van der Waals surface area (Å²) in [6, 6.07) is 0.0565. The summed E-state index contributed by atoms with van der Waals surface area (Å²) in [5, 5.41) is 3.09. The molecule has 1 N–H and O–H groups in total. The van der Waals surface area contributed by atoms with Crippen LogP contribution in [0.2, 0.25) is 0 Å². The van der Waals surface area contributed by atoms with Crippen LogP contribution < -0.4 is 10.9 Å². The predicted molar refractivity (Wildman–Crippen MR) is 73.1 cm³/mol. The van der Waals surface area contributed by atoms with E-state index >= 15 is 0 Å². The van der Waals surface area contributed by atoms with Gasteiger partial charge in [0.05, 0.1) is 6.61 Å². The molecule has 1 atom stereocenters. The highest BCUT2D eigenvalue weighted by Gasteiger charge is 2.17. The standard InChI is InChI=1S/C13H23N3O2/c1-6-18-9-10(2)15-11-12(17)16(8-7-14-11)13(3,4)5/h7-8,10H,6,9H2,1-5H3,(H,14,15). The minimum Gasteiger partial charge on any atom is -0.380 e. The van der Waals surface area contributed by atoms with Gasteiger partial charge in [-0.25, -0.2) is 4.98 Å². The summed E-state index contributed by atoms with van der Waals surface area (Å²) in [5.74, 6) is 0.375. The maximum absolute atomic E-state index is 12.2. The molecule has 1 aromatic heterocycles. The zero-order chi connectivity index (χ0) is 13.8. The number of rotatable bonds is 5. The molecule has 1 aromatic rings. The molecular formula is C13H23N3O2. The Morgan fingerprint density at radius 2 is 2.17 bits per heavy atom. The lowest BCUT2D eigenvalue weighted by atomic mass is 10.1. The van der Waals surface area contributed by atoms with Crippen molar-refractivity contribution in [3.63, 3.8) is 0 Å². The summed E-state index contributed by atoms with van der Waals surface area (Å²) in [5.41, 5.74) is -0.354. The second-order valence-corrected chi connectivity index (χ2v) is 5.33. The van der Waals surface area contributed by atoms with Gasteiger partial charge in [0.25, 0.3) is 5.56 Å². The van der Waals surface area contributed by atoms with Gasteiger partial charge in [0.1, 0.15) is 0 Å². The van der Waals surface area contributed by atoms with E-state index in [0.29, 0.717) is 19.0 Å². The Kier molecular flexibility index (Phi) is 4.90. The average molecular weight is 253 g/mol. The molecule has 5 nitrogen and oxygen atoms in total.